The van der Waals surface area contributed by atoms with Crippen LogP contribution in [0.1, 0.15) is 12.5 Å². The number of carboxylic acids is 1. The molecule has 0 aliphatic heterocycles. The zero-order chi connectivity index (χ0) is 23.5. The molecule has 0 aliphatic carbocycles. The molecule has 1 N–H and O–H groups in total. The number of para-hydroxylation sites is 1. The van der Waals surface area contributed by atoms with Gasteiger partial charge >= 0.3 is 5.97 Å². The first kappa shape index (κ1) is 22.7. The number of rotatable bonds is 6. The zero-order valence-electron chi connectivity index (χ0n) is 17.3. The van der Waals surface area contributed by atoms with Crippen molar-refractivity contribution >= 4 is 50.6 Å². The monoisotopic (exact) mass is 525 g/mol. The topological polar surface area (TPSA) is 93.8 Å². The highest BCUT2D eigenvalue weighted by Gasteiger charge is 2.18. The quantitative estimate of drug-likeness (QED) is 0.348. The van der Waals surface area contributed by atoms with Gasteiger partial charge in [-0.25, -0.2) is 9.78 Å². The highest BCUT2D eigenvalue weighted by Crippen LogP contribution is 2.35. The summed E-state index contributed by atoms with van der Waals surface area (Å²) in [5.41, 5.74) is 1.58. The standard InChI is InChI=1S/C24H17BrClN3O4/c1-14(24(31)32)33-21-18(25)11-15(12-19(21)26)13-27-29-22(16-7-3-2-4-8-16)28-20-10-6-5-9-17(20)23(29)30/h2-14H,1H3,(H,31,32)/t14-/m1/s1. The summed E-state index contributed by atoms with van der Waals surface area (Å²) in [6.07, 6.45) is 0.403. The van der Waals surface area contributed by atoms with Crippen LogP contribution < -0.4 is 10.3 Å². The lowest BCUT2D eigenvalue weighted by Gasteiger charge is -2.14. The summed E-state index contributed by atoms with van der Waals surface area (Å²) in [5.74, 6) is -0.505. The average molecular weight is 527 g/mol. The summed E-state index contributed by atoms with van der Waals surface area (Å²) >= 11 is 9.67. The van der Waals surface area contributed by atoms with Gasteiger partial charge in [-0.05, 0) is 52.7 Å². The summed E-state index contributed by atoms with van der Waals surface area (Å²) in [6, 6.07) is 19.6. The number of hydrogen-bond donors (Lipinski definition) is 1. The molecule has 4 rings (SSSR count). The van der Waals surface area contributed by atoms with Gasteiger partial charge in [0.2, 0.25) is 0 Å². The van der Waals surface area contributed by atoms with Gasteiger partial charge in [0.1, 0.15) is 0 Å². The lowest BCUT2D eigenvalue weighted by Crippen LogP contribution is -2.23. The maximum Gasteiger partial charge on any atom is 0.344 e. The number of carbonyl (C=O) groups is 1. The molecule has 1 atom stereocenters. The van der Waals surface area contributed by atoms with Crippen LogP contribution in [0.2, 0.25) is 5.02 Å². The van der Waals surface area contributed by atoms with E-state index >= 15 is 0 Å². The maximum absolute atomic E-state index is 13.2. The van der Waals surface area contributed by atoms with E-state index in [9.17, 15) is 9.59 Å². The van der Waals surface area contributed by atoms with Gasteiger partial charge in [-0.2, -0.15) is 9.78 Å². The Bertz CT molecular complexity index is 1410. The fourth-order valence-electron chi connectivity index (χ4n) is 3.12. The van der Waals surface area contributed by atoms with Crippen molar-refractivity contribution in [2.75, 3.05) is 0 Å². The number of fused-ring (bicyclic) bond motifs is 1. The van der Waals surface area contributed by atoms with Gasteiger partial charge in [0.15, 0.2) is 17.7 Å². The van der Waals surface area contributed by atoms with E-state index in [1.807, 2.05) is 36.4 Å². The van der Waals surface area contributed by atoms with E-state index in [2.05, 4.69) is 26.0 Å². The second kappa shape index (κ2) is 9.56. The zero-order valence-corrected chi connectivity index (χ0v) is 19.6. The molecule has 0 bridgehead atoms. The van der Waals surface area contributed by atoms with Crippen LogP contribution in [-0.4, -0.2) is 33.1 Å². The third-order valence-electron chi connectivity index (χ3n) is 4.77. The fourth-order valence-corrected chi connectivity index (χ4v) is 4.08. The molecule has 166 valence electrons. The van der Waals surface area contributed by atoms with Crippen LogP contribution >= 0.6 is 27.5 Å². The summed E-state index contributed by atoms with van der Waals surface area (Å²) in [5, 5.41) is 14.1. The van der Waals surface area contributed by atoms with E-state index in [-0.39, 0.29) is 16.3 Å². The van der Waals surface area contributed by atoms with E-state index in [0.717, 1.165) is 5.56 Å². The molecular formula is C24H17BrClN3O4. The Kier molecular flexibility index (Phi) is 6.57. The molecule has 0 aliphatic rings. The van der Waals surface area contributed by atoms with Gasteiger partial charge in [0.05, 0.1) is 26.6 Å². The van der Waals surface area contributed by atoms with E-state index in [1.54, 1.807) is 30.3 Å². The van der Waals surface area contributed by atoms with Crippen LogP contribution in [0.5, 0.6) is 5.75 Å². The van der Waals surface area contributed by atoms with Crippen LogP contribution in [0.3, 0.4) is 0 Å². The van der Waals surface area contributed by atoms with Crippen LogP contribution in [0.25, 0.3) is 22.3 Å². The number of ether oxygens (including phenoxy) is 1. The third-order valence-corrected chi connectivity index (χ3v) is 5.64. The SMILES string of the molecule is C[C@@H](Oc1c(Cl)cc(C=Nn2c(-c3ccccc3)nc3ccccc3c2=O)cc1Br)C(=O)O. The molecule has 0 saturated carbocycles. The van der Waals surface area contributed by atoms with E-state index in [1.165, 1.54) is 17.8 Å². The van der Waals surface area contributed by atoms with Gasteiger partial charge in [0.25, 0.3) is 5.56 Å². The minimum absolute atomic E-state index is 0.200. The van der Waals surface area contributed by atoms with Crippen molar-refractivity contribution < 1.29 is 14.6 Å². The molecule has 1 aromatic heterocycles. The molecule has 1 heterocycles. The lowest BCUT2D eigenvalue weighted by atomic mass is 10.2. The number of aromatic nitrogens is 2. The Morgan fingerprint density at radius 3 is 2.58 bits per heavy atom. The highest BCUT2D eigenvalue weighted by atomic mass is 79.9. The Hall–Kier alpha value is -3.49. The first-order chi connectivity index (χ1) is 15.8. The van der Waals surface area contributed by atoms with E-state index in [4.69, 9.17) is 21.4 Å². The molecule has 0 saturated heterocycles. The third kappa shape index (κ3) is 4.81. The van der Waals surface area contributed by atoms with Gasteiger partial charge in [0, 0.05) is 5.56 Å². The van der Waals surface area contributed by atoms with E-state index < -0.39 is 12.1 Å². The molecule has 4 aromatic rings. The molecule has 33 heavy (non-hydrogen) atoms. The maximum atomic E-state index is 13.2. The lowest BCUT2D eigenvalue weighted by molar-refractivity contribution is -0.144. The van der Waals surface area contributed by atoms with E-state index in [0.29, 0.717) is 26.8 Å². The smallest absolute Gasteiger partial charge is 0.344 e. The Morgan fingerprint density at radius 1 is 1.18 bits per heavy atom. The Morgan fingerprint density at radius 2 is 1.88 bits per heavy atom. The average Bonchev–Trinajstić information content (AvgIpc) is 2.81. The van der Waals surface area contributed by atoms with Crippen LogP contribution in [-0.2, 0) is 4.79 Å². The van der Waals surface area contributed by atoms with Crippen LogP contribution in [0.4, 0.5) is 0 Å². The highest BCUT2D eigenvalue weighted by molar-refractivity contribution is 9.10. The molecule has 0 radical (unpaired) electrons. The van der Waals surface area contributed by atoms with Crippen molar-refractivity contribution in [2.45, 2.75) is 13.0 Å². The van der Waals surface area contributed by atoms with Crippen molar-refractivity contribution in [1.82, 2.24) is 9.66 Å². The molecule has 7 nitrogen and oxygen atoms in total. The predicted molar refractivity (Wildman–Crippen MR) is 131 cm³/mol. The van der Waals surface area contributed by atoms with Gasteiger partial charge < -0.3 is 9.84 Å². The molecule has 0 amide bonds. The number of aliphatic carboxylic acids is 1. The summed E-state index contributed by atoms with van der Waals surface area (Å²) in [4.78, 5) is 29.0. The fraction of sp³-hybridized carbons (Fsp3) is 0.0833. The van der Waals surface area contributed by atoms with Gasteiger partial charge in [-0.1, -0.05) is 54.1 Å². The van der Waals surface area contributed by atoms with Crippen molar-refractivity contribution in [2.24, 2.45) is 5.10 Å². The molecule has 0 fully saturated rings. The molecule has 0 spiro atoms. The normalized spacial score (nSPS) is 12.2. The largest absolute Gasteiger partial charge is 0.479 e. The van der Waals surface area contributed by atoms with Crippen molar-refractivity contribution in [3.8, 4) is 17.1 Å². The number of nitrogens with zero attached hydrogens (tertiary/aromatic N) is 3. The van der Waals surface area contributed by atoms with Crippen LogP contribution in [0, 0.1) is 0 Å². The molecule has 3 aromatic carbocycles. The van der Waals surface area contributed by atoms with Crippen molar-refractivity contribution in [3.63, 3.8) is 0 Å². The second-order valence-corrected chi connectivity index (χ2v) is 8.35. The summed E-state index contributed by atoms with van der Waals surface area (Å²) in [7, 11) is 0. The number of halogens is 2. The van der Waals surface area contributed by atoms with Gasteiger partial charge in [-0.3, -0.25) is 4.79 Å². The van der Waals surface area contributed by atoms with Crippen molar-refractivity contribution in [3.05, 3.63) is 92.1 Å². The molecular weight excluding hydrogens is 510 g/mol. The number of carboxylic acid groups (broad SMARTS) is 1. The van der Waals surface area contributed by atoms with Crippen molar-refractivity contribution in [1.29, 1.82) is 0 Å². The Balaban J connectivity index is 1.79. The minimum atomic E-state index is -1.11. The first-order valence-electron chi connectivity index (χ1n) is 9.85. The number of benzene rings is 3. The summed E-state index contributed by atoms with van der Waals surface area (Å²) < 4.78 is 7.11. The number of hydrogen-bond acceptors (Lipinski definition) is 5. The minimum Gasteiger partial charge on any atom is -0.479 e. The predicted octanol–water partition coefficient (Wildman–Crippen LogP) is 5.21. The molecule has 0 unspecified atom stereocenters. The van der Waals surface area contributed by atoms with Crippen LogP contribution in [0.15, 0.2) is 81.1 Å². The molecule has 9 heteroatoms. The summed E-state index contributed by atoms with van der Waals surface area (Å²) in [6.45, 7) is 1.41. The Labute approximate surface area is 202 Å². The first-order valence-corrected chi connectivity index (χ1v) is 11.0. The second-order valence-electron chi connectivity index (χ2n) is 7.09. The van der Waals surface area contributed by atoms with Gasteiger partial charge in [-0.15, -0.1) is 0 Å².